The molecule has 5 heteroatoms. The molecule has 0 atom stereocenters. The van der Waals surface area contributed by atoms with Gasteiger partial charge < -0.3 is 4.90 Å². The Morgan fingerprint density at radius 3 is 2.52 bits per heavy atom. The average molecular weight is 320 g/mol. The number of piperazine rings is 1. The molecule has 0 spiro atoms. The van der Waals surface area contributed by atoms with Crippen LogP contribution in [0.15, 0.2) is 12.4 Å². The van der Waals surface area contributed by atoms with Gasteiger partial charge >= 0.3 is 0 Å². The van der Waals surface area contributed by atoms with Crippen molar-refractivity contribution in [2.24, 2.45) is 0 Å². The van der Waals surface area contributed by atoms with Crippen molar-refractivity contribution in [2.75, 3.05) is 32.7 Å². The highest BCUT2D eigenvalue weighted by Crippen LogP contribution is 2.13. The van der Waals surface area contributed by atoms with Crippen molar-refractivity contribution in [3.63, 3.8) is 0 Å². The Bertz CT molecular complexity index is 475. The van der Waals surface area contributed by atoms with Gasteiger partial charge in [0.25, 0.3) is 0 Å². The summed E-state index contributed by atoms with van der Waals surface area (Å²) < 4.78 is 2.00. The van der Waals surface area contributed by atoms with E-state index in [1.165, 1.54) is 12.0 Å². The van der Waals surface area contributed by atoms with Crippen molar-refractivity contribution in [1.82, 2.24) is 19.6 Å². The van der Waals surface area contributed by atoms with Crippen LogP contribution in [-0.4, -0.2) is 58.2 Å². The van der Waals surface area contributed by atoms with Crippen LogP contribution < -0.4 is 0 Å². The molecule has 130 valence electrons. The highest BCUT2D eigenvalue weighted by molar-refractivity contribution is 5.76. The average Bonchev–Trinajstić information content (AvgIpc) is 3.01. The summed E-state index contributed by atoms with van der Waals surface area (Å²) in [5.41, 5.74) is 1.28. The second-order valence-electron chi connectivity index (χ2n) is 6.87. The maximum absolute atomic E-state index is 12.3. The maximum atomic E-state index is 12.3. The van der Waals surface area contributed by atoms with Gasteiger partial charge in [-0.15, -0.1) is 0 Å². The molecule has 2 heterocycles. The van der Waals surface area contributed by atoms with Crippen LogP contribution in [0.4, 0.5) is 0 Å². The van der Waals surface area contributed by atoms with E-state index >= 15 is 0 Å². The van der Waals surface area contributed by atoms with E-state index < -0.39 is 0 Å². The Hall–Kier alpha value is -1.36. The summed E-state index contributed by atoms with van der Waals surface area (Å²) >= 11 is 0. The summed E-state index contributed by atoms with van der Waals surface area (Å²) in [5, 5.41) is 4.39. The molecular formula is C18H32N4O. The van der Waals surface area contributed by atoms with Gasteiger partial charge in [-0.05, 0) is 37.3 Å². The maximum Gasteiger partial charge on any atom is 0.222 e. The fourth-order valence-electron chi connectivity index (χ4n) is 3.05. The summed E-state index contributed by atoms with van der Waals surface area (Å²) in [6.45, 7) is 12.5. The highest BCUT2D eigenvalue weighted by Gasteiger charge is 2.19. The van der Waals surface area contributed by atoms with Crippen LogP contribution >= 0.6 is 0 Å². The second kappa shape index (κ2) is 9.06. The molecule has 0 radical (unpaired) electrons. The molecule has 5 nitrogen and oxygen atoms in total. The second-order valence-corrected chi connectivity index (χ2v) is 6.87. The minimum atomic E-state index is 0.324. The van der Waals surface area contributed by atoms with E-state index in [9.17, 15) is 4.79 Å². The molecule has 1 aromatic heterocycles. The number of hydrogen-bond donors (Lipinski definition) is 0. The van der Waals surface area contributed by atoms with Crippen LogP contribution in [0.1, 0.15) is 57.9 Å². The molecule has 1 aliphatic heterocycles. The summed E-state index contributed by atoms with van der Waals surface area (Å²) in [4.78, 5) is 16.7. The third-order valence-corrected chi connectivity index (χ3v) is 4.61. The van der Waals surface area contributed by atoms with Gasteiger partial charge in [-0.2, -0.15) is 5.10 Å². The van der Waals surface area contributed by atoms with Crippen molar-refractivity contribution < 1.29 is 4.79 Å². The highest BCUT2D eigenvalue weighted by atomic mass is 16.2. The third-order valence-electron chi connectivity index (χ3n) is 4.61. The zero-order valence-electron chi connectivity index (χ0n) is 15.0. The minimum Gasteiger partial charge on any atom is -0.340 e. The summed E-state index contributed by atoms with van der Waals surface area (Å²) in [6.07, 6.45) is 7.91. The number of aryl methyl sites for hydroxylation is 1. The number of unbranched alkanes of at least 4 members (excludes halogenated alkanes) is 1. The molecule has 1 fully saturated rings. The number of nitrogens with zero attached hydrogens (tertiary/aromatic N) is 4. The van der Waals surface area contributed by atoms with Gasteiger partial charge in [0.2, 0.25) is 5.91 Å². The van der Waals surface area contributed by atoms with Gasteiger partial charge in [-0.25, -0.2) is 0 Å². The molecule has 0 aromatic carbocycles. The number of hydrogen-bond acceptors (Lipinski definition) is 3. The number of amides is 1. The molecule has 1 saturated heterocycles. The summed E-state index contributed by atoms with van der Waals surface area (Å²) in [7, 11) is 0. The molecule has 0 unspecified atom stereocenters. The van der Waals surface area contributed by atoms with E-state index in [2.05, 4.69) is 37.0 Å². The molecule has 1 aliphatic rings. The van der Waals surface area contributed by atoms with Crippen LogP contribution in [0.25, 0.3) is 0 Å². The van der Waals surface area contributed by atoms with Gasteiger partial charge in [0.15, 0.2) is 0 Å². The van der Waals surface area contributed by atoms with Crippen LogP contribution in [-0.2, 0) is 11.3 Å². The molecule has 2 rings (SSSR count). The summed E-state index contributed by atoms with van der Waals surface area (Å²) in [5.74, 6) is 0.848. The SMILES string of the molecule is CCCN1CCN(C(=O)CCCCn2cc(C(C)C)cn2)CC1. The van der Waals surface area contributed by atoms with Crippen molar-refractivity contribution in [3.05, 3.63) is 18.0 Å². The molecule has 0 aliphatic carbocycles. The van der Waals surface area contributed by atoms with Crippen molar-refractivity contribution in [2.45, 2.75) is 58.9 Å². The Labute approximate surface area is 140 Å². The van der Waals surface area contributed by atoms with E-state index in [4.69, 9.17) is 0 Å². The molecular weight excluding hydrogens is 288 g/mol. The smallest absolute Gasteiger partial charge is 0.222 e. The van der Waals surface area contributed by atoms with Gasteiger partial charge in [0.1, 0.15) is 0 Å². The molecule has 1 amide bonds. The first-order valence-electron chi connectivity index (χ1n) is 9.12. The van der Waals surface area contributed by atoms with Crippen molar-refractivity contribution in [3.8, 4) is 0 Å². The topological polar surface area (TPSA) is 41.4 Å². The summed E-state index contributed by atoms with van der Waals surface area (Å²) in [6, 6.07) is 0. The molecule has 0 bridgehead atoms. The zero-order valence-corrected chi connectivity index (χ0v) is 15.0. The minimum absolute atomic E-state index is 0.324. The lowest BCUT2D eigenvalue weighted by Gasteiger charge is -2.34. The monoisotopic (exact) mass is 320 g/mol. The van der Waals surface area contributed by atoms with E-state index in [-0.39, 0.29) is 0 Å². The Morgan fingerprint density at radius 1 is 1.17 bits per heavy atom. The molecule has 1 aromatic rings. The predicted molar refractivity (Wildman–Crippen MR) is 93.5 cm³/mol. The Morgan fingerprint density at radius 2 is 1.91 bits per heavy atom. The van der Waals surface area contributed by atoms with E-state index in [0.29, 0.717) is 18.2 Å². The molecule has 23 heavy (non-hydrogen) atoms. The Kier molecular flexibility index (Phi) is 7.09. The van der Waals surface area contributed by atoms with E-state index in [0.717, 1.165) is 52.1 Å². The van der Waals surface area contributed by atoms with Crippen LogP contribution in [0.2, 0.25) is 0 Å². The fourth-order valence-corrected chi connectivity index (χ4v) is 3.05. The third kappa shape index (κ3) is 5.65. The quantitative estimate of drug-likeness (QED) is 0.692. The van der Waals surface area contributed by atoms with Gasteiger partial charge in [-0.3, -0.25) is 14.4 Å². The number of carbonyl (C=O) groups excluding carboxylic acids is 1. The standard InChI is InChI=1S/C18H32N4O/c1-4-8-20-10-12-21(13-11-20)18(23)7-5-6-9-22-15-17(14-19-22)16(2)3/h14-16H,4-13H2,1-3H3. The first kappa shape index (κ1) is 18.0. The lowest BCUT2D eigenvalue weighted by Crippen LogP contribution is -2.48. The van der Waals surface area contributed by atoms with E-state index in [1.807, 2.05) is 15.8 Å². The number of aromatic nitrogens is 2. The largest absolute Gasteiger partial charge is 0.340 e. The number of rotatable bonds is 8. The first-order chi connectivity index (χ1) is 11.1. The lowest BCUT2D eigenvalue weighted by molar-refractivity contribution is -0.133. The number of carbonyl (C=O) groups is 1. The lowest BCUT2D eigenvalue weighted by atomic mass is 10.1. The van der Waals surface area contributed by atoms with Crippen molar-refractivity contribution >= 4 is 5.91 Å². The van der Waals surface area contributed by atoms with Crippen LogP contribution in [0.5, 0.6) is 0 Å². The van der Waals surface area contributed by atoms with Gasteiger partial charge in [-0.1, -0.05) is 20.8 Å². The normalized spacial score (nSPS) is 16.3. The van der Waals surface area contributed by atoms with Gasteiger partial charge in [0.05, 0.1) is 6.20 Å². The van der Waals surface area contributed by atoms with Crippen LogP contribution in [0, 0.1) is 0 Å². The molecule has 0 N–H and O–H groups in total. The Balaban J connectivity index is 1.61. The molecule has 0 saturated carbocycles. The van der Waals surface area contributed by atoms with Crippen LogP contribution in [0.3, 0.4) is 0 Å². The van der Waals surface area contributed by atoms with Crippen molar-refractivity contribution in [1.29, 1.82) is 0 Å². The van der Waals surface area contributed by atoms with Gasteiger partial charge in [0, 0.05) is 45.3 Å². The van der Waals surface area contributed by atoms with E-state index in [1.54, 1.807) is 0 Å². The predicted octanol–water partition coefficient (Wildman–Crippen LogP) is 2.73. The fraction of sp³-hybridized carbons (Fsp3) is 0.778. The first-order valence-corrected chi connectivity index (χ1v) is 9.12. The zero-order chi connectivity index (χ0) is 16.7.